The van der Waals surface area contributed by atoms with Crippen molar-refractivity contribution in [3.63, 3.8) is 0 Å². The summed E-state index contributed by atoms with van der Waals surface area (Å²) in [6.45, 7) is 5.14. The Morgan fingerprint density at radius 1 is 1.45 bits per heavy atom. The van der Waals surface area contributed by atoms with E-state index in [1.54, 1.807) is 6.33 Å². The van der Waals surface area contributed by atoms with Crippen LogP contribution in [0.15, 0.2) is 22.9 Å². The highest BCUT2D eigenvalue weighted by Crippen LogP contribution is 2.33. The molecular formula is C14H17BrN4O. The molecule has 0 amide bonds. The van der Waals surface area contributed by atoms with Gasteiger partial charge in [-0.2, -0.15) is 5.10 Å². The van der Waals surface area contributed by atoms with Crippen molar-refractivity contribution in [3.8, 4) is 5.75 Å². The zero-order valence-corrected chi connectivity index (χ0v) is 13.0. The maximum absolute atomic E-state index is 5.73. The molecule has 0 saturated heterocycles. The van der Waals surface area contributed by atoms with Gasteiger partial charge >= 0.3 is 0 Å². The van der Waals surface area contributed by atoms with Crippen molar-refractivity contribution in [2.75, 3.05) is 13.2 Å². The molecule has 2 heterocycles. The highest BCUT2D eigenvalue weighted by molar-refractivity contribution is 9.10. The monoisotopic (exact) mass is 336 g/mol. The molecule has 2 aromatic rings. The second-order valence-electron chi connectivity index (χ2n) is 4.79. The number of nitrogens with one attached hydrogen (secondary N) is 1. The summed E-state index contributed by atoms with van der Waals surface area (Å²) in [4.78, 5) is 4.30. The topological polar surface area (TPSA) is 52.0 Å². The Morgan fingerprint density at radius 3 is 3.20 bits per heavy atom. The minimum absolute atomic E-state index is 0.681. The molecule has 6 heteroatoms. The number of rotatable bonds is 5. The molecule has 20 heavy (non-hydrogen) atoms. The van der Waals surface area contributed by atoms with Crippen molar-refractivity contribution in [1.82, 2.24) is 20.1 Å². The van der Waals surface area contributed by atoms with Crippen LogP contribution in [0.5, 0.6) is 5.75 Å². The molecule has 1 aliphatic rings. The third-order valence-corrected chi connectivity index (χ3v) is 3.73. The van der Waals surface area contributed by atoms with Gasteiger partial charge in [0, 0.05) is 16.5 Å². The number of aromatic nitrogens is 3. The van der Waals surface area contributed by atoms with E-state index >= 15 is 0 Å². The minimum Gasteiger partial charge on any atom is -0.493 e. The number of fused-ring (bicyclic) bond motifs is 1. The minimum atomic E-state index is 0.681. The van der Waals surface area contributed by atoms with Crippen molar-refractivity contribution in [2.45, 2.75) is 26.4 Å². The van der Waals surface area contributed by atoms with Crippen molar-refractivity contribution in [3.05, 3.63) is 39.9 Å². The summed E-state index contributed by atoms with van der Waals surface area (Å²) in [5.74, 6) is 1.83. The molecule has 0 saturated carbocycles. The molecular weight excluding hydrogens is 320 g/mol. The largest absolute Gasteiger partial charge is 0.493 e. The molecule has 0 atom stereocenters. The van der Waals surface area contributed by atoms with E-state index in [1.165, 1.54) is 5.56 Å². The van der Waals surface area contributed by atoms with Gasteiger partial charge in [-0.1, -0.05) is 22.9 Å². The lowest BCUT2D eigenvalue weighted by molar-refractivity contribution is 0.352. The molecule has 3 rings (SSSR count). The lowest BCUT2D eigenvalue weighted by Crippen LogP contribution is -2.13. The number of hydrogen-bond donors (Lipinski definition) is 1. The predicted molar refractivity (Wildman–Crippen MR) is 79.8 cm³/mol. The third kappa shape index (κ3) is 2.86. The smallest absolute Gasteiger partial charge is 0.164 e. The van der Waals surface area contributed by atoms with E-state index in [9.17, 15) is 0 Å². The Bertz CT molecular complexity index is 611. The van der Waals surface area contributed by atoms with E-state index in [-0.39, 0.29) is 0 Å². The maximum Gasteiger partial charge on any atom is 0.164 e. The van der Waals surface area contributed by atoms with Gasteiger partial charge in [0.25, 0.3) is 0 Å². The van der Waals surface area contributed by atoms with Crippen LogP contribution in [0.4, 0.5) is 0 Å². The molecule has 1 aliphatic heterocycles. The van der Waals surface area contributed by atoms with Crippen molar-refractivity contribution in [1.29, 1.82) is 0 Å². The van der Waals surface area contributed by atoms with Gasteiger partial charge < -0.3 is 10.1 Å². The molecule has 0 bridgehead atoms. The Hall–Kier alpha value is -1.40. The highest BCUT2D eigenvalue weighted by Gasteiger charge is 2.18. The SMILES string of the molecule is CCNCc1ncn(Cc2cc(Br)cc3c2OCC3)n1. The summed E-state index contributed by atoms with van der Waals surface area (Å²) in [5.41, 5.74) is 2.41. The Kier molecular flexibility index (Phi) is 4.03. The van der Waals surface area contributed by atoms with Gasteiger partial charge in [-0.3, -0.25) is 0 Å². The van der Waals surface area contributed by atoms with Crippen LogP contribution in [-0.4, -0.2) is 27.9 Å². The van der Waals surface area contributed by atoms with Gasteiger partial charge in [0.1, 0.15) is 12.1 Å². The first-order chi connectivity index (χ1) is 9.76. The molecule has 1 aromatic carbocycles. The number of benzene rings is 1. The van der Waals surface area contributed by atoms with E-state index in [0.717, 1.165) is 41.2 Å². The van der Waals surface area contributed by atoms with Gasteiger partial charge in [-0.25, -0.2) is 9.67 Å². The van der Waals surface area contributed by atoms with Crippen LogP contribution in [0.3, 0.4) is 0 Å². The first-order valence-electron chi connectivity index (χ1n) is 6.79. The maximum atomic E-state index is 5.73. The number of halogens is 1. The van der Waals surface area contributed by atoms with Gasteiger partial charge in [0.2, 0.25) is 0 Å². The standard InChI is InChI=1S/C14H17BrN4O/c1-2-16-7-13-17-9-19(18-13)8-11-6-12(15)5-10-3-4-20-14(10)11/h5-6,9,16H,2-4,7-8H2,1H3. The van der Waals surface area contributed by atoms with Gasteiger partial charge in [-0.15, -0.1) is 0 Å². The molecule has 0 radical (unpaired) electrons. The fraction of sp³-hybridized carbons (Fsp3) is 0.429. The van der Waals surface area contributed by atoms with E-state index < -0.39 is 0 Å². The van der Waals surface area contributed by atoms with E-state index in [0.29, 0.717) is 13.1 Å². The zero-order chi connectivity index (χ0) is 13.9. The van der Waals surface area contributed by atoms with Crippen LogP contribution in [0, 0.1) is 0 Å². The second kappa shape index (κ2) is 5.93. The molecule has 0 spiro atoms. The van der Waals surface area contributed by atoms with Crippen LogP contribution in [0.2, 0.25) is 0 Å². The number of ether oxygens (including phenoxy) is 1. The van der Waals surface area contributed by atoms with Crippen molar-refractivity contribution < 1.29 is 4.74 Å². The predicted octanol–water partition coefficient (Wildman–Crippen LogP) is 2.13. The average molecular weight is 337 g/mol. The molecule has 0 aliphatic carbocycles. The van der Waals surface area contributed by atoms with Gasteiger partial charge in [-0.05, 0) is 24.2 Å². The normalized spacial score (nSPS) is 13.3. The fourth-order valence-corrected chi connectivity index (χ4v) is 2.92. The average Bonchev–Trinajstić information content (AvgIpc) is 3.05. The lowest BCUT2D eigenvalue weighted by Gasteiger charge is -2.08. The zero-order valence-electron chi connectivity index (χ0n) is 11.4. The Labute approximate surface area is 126 Å². The highest BCUT2D eigenvalue weighted by atomic mass is 79.9. The molecule has 0 unspecified atom stereocenters. The summed E-state index contributed by atoms with van der Waals surface area (Å²) >= 11 is 3.56. The van der Waals surface area contributed by atoms with E-state index in [1.807, 2.05) is 4.68 Å². The summed E-state index contributed by atoms with van der Waals surface area (Å²) in [7, 11) is 0. The molecule has 5 nitrogen and oxygen atoms in total. The van der Waals surface area contributed by atoms with Gasteiger partial charge in [0.15, 0.2) is 5.82 Å². The molecule has 106 valence electrons. The van der Waals surface area contributed by atoms with Crippen LogP contribution < -0.4 is 10.1 Å². The third-order valence-electron chi connectivity index (χ3n) is 3.27. The first-order valence-corrected chi connectivity index (χ1v) is 7.58. The Balaban J connectivity index is 1.79. The van der Waals surface area contributed by atoms with Crippen LogP contribution in [0.25, 0.3) is 0 Å². The van der Waals surface area contributed by atoms with Gasteiger partial charge in [0.05, 0.1) is 19.7 Å². The summed E-state index contributed by atoms with van der Waals surface area (Å²) in [6.07, 6.45) is 2.75. The second-order valence-corrected chi connectivity index (χ2v) is 5.71. The number of nitrogens with zero attached hydrogens (tertiary/aromatic N) is 3. The van der Waals surface area contributed by atoms with E-state index in [4.69, 9.17) is 4.74 Å². The summed E-state index contributed by atoms with van der Waals surface area (Å²) in [6, 6.07) is 4.22. The van der Waals surface area contributed by atoms with Crippen LogP contribution in [-0.2, 0) is 19.5 Å². The first kappa shape index (κ1) is 13.6. The molecule has 0 fully saturated rings. The fourth-order valence-electron chi connectivity index (χ4n) is 2.37. The summed E-state index contributed by atoms with van der Waals surface area (Å²) in [5, 5.41) is 7.69. The number of hydrogen-bond acceptors (Lipinski definition) is 4. The van der Waals surface area contributed by atoms with Crippen molar-refractivity contribution >= 4 is 15.9 Å². The summed E-state index contributed by atoms with van der Waals surface area (Å²) < 4.78 is 8.68. The van der Waals surface area contributed by atoms with Crippen LogP contribution in [0.1, 0.15) is 23.9 Å². The quantitative estimate of drug-likeness (QED) is 0.908. The van der Waals surface area contributed by atoms with Crippen LogP contribution >= 0.6 is 15.9 Å². The molecule has 1 aromatic heterocycles. The Morgan fingerprint density at radius 2 is 2.35 bits per heavy atom. The van der Waals surface area contributed by atoms with E-state index in [2.05, 4.69) is 50.4 Å². The lowest BCUT2D eigenvalue weighted by atomic mass is 10.1. The molecule has 1 N–H and O–H groups in total. The van der Waals surface area contributed by atoms with Crippen molar-refractivity contribution in [2.24, 2.45) is 0 Å².